The highest BCUT2D eigenvalue weighted by Crippen LogP contribution is 2.27. The molecule has 6 heteroatoms. The number of nitrogens with zero attached hydrogens (tertiary/aromatic N) is 1. The van der Waals surface area contributed by atoms with E-state index in [0.29, 0.717) is 15.6 Å². The van der Waals surface area contributed by atoms with Crippen LogP contribution in [0.25, 0.3) is 0 Å². The van der Waals surface area contributed by atoms with Crippen molar-refractivity contribution >= 4 is 35.0 Å². The van der Waals surface area contributed by atoms with Gasteiger partial charge < -0.3 is 10.2 Å². The predicted molar refractivity (Wildman–Crippen MR) is 119 cm³/mol. The minimum atomic E-state index is -0.682. The Morgan fingerprint density at radius 3 is 2.17 bits per heavy atom. The number of hydrogen-bond acceptors (Lipinski definition) is 2. The molecular formula is C23H28Cl2N2O2. The summed E-state index contributed by atoms with van der Waals surface area (Å²) in [5, 5.41) is 3.88. The number of hydrogen-bond donors (Lipinski definition) is 1. The van der Waals surface area contributed by atoms with Crippen molar-refractivity contribution in [3.63, 3.8) is 0 Å². The second-order valence-electron chi connectivity index (χ2n) is 8.24. The summed E-state index contributed by atoms with van der Waals surface area (Å²) in [7, 11) is 0. The van der Waals surface area contributed by atoms with Gasteiger partial charge in [-0.15, -0.1) is 0 Å². The molecular weight excluding hydrogens is 407 g/mol. The van der Waals surface area contributed by atoms with Crippen molar-refractivity contribution < 1.29 is 9.59 Å². The van der Waals surface area contributed by atoms with E-state index in [0.717, 1.165) is 11.1 Å². The topological polar surface area (TPSA) is 49.4 Å². The maximum atomic E-state index is 13.3. The molecule has 0 unspecified atom stereocenters. The molecule has 0 aliphatic rings. The molecule has 0 spiro atoms. The van der Waals surface area contributed by atoms with E-state index in [4.69, 9.17) is 23.2 Å². The Hall–Kier alpha value is -2.04. The first-order valence-corrected chi connectivity index (χ1v) is 10.3. The fourth-order valence-corrected chi connectivity index (χ4v) is 3.50. The molecule has 2 rings (SSSR count). The molecule has 2 amide bonds. The van der Waals surface area contributed by atoms with Crippen LogP contribution in [0, 0.1) is 6.92 Å². The third-order valence-corrected chi connectivity index (χ3v) is 5.37. The van der Waals surface area contributed by atoms with Gasteiger partial charge in [0.25, 0.3) is 0 Å². The molecule has 0 aliphatic heterocycles. The van der Waals surface area contributed by atoms with Gasteiger partial charge in [-0.1, -0.05) is 53.5 Å². The van der Waals surface area contributed by atoms with Crippen LogP contribution in [0.5, 0.6) is 0 Å². The molecule has 1 N–H and O–H groups in total. The second kappa shape index (κ2) is 9.64. The standard InChI is InChI=1S/C23H28Cl2N2O2/c1-15-9-6-7-10-17(15)13-21(28)27(16(2)22(29)26-23(3,4)5)14-18-19(24)11-8-12-20(18)25/h6-12,16H,13-14H2,1-5H3,(H,26,29)/t16-/m0/s1. The van der Waals surface area contributed by atoms with Crippen LogP contribution in [0.1, 0.15) is 44.4 Å². The summed E-state index contributed by atoms with van der Waals surface area (Å²) in [4.78, 5) is 27.6. The van der Waals surface area contributed by atoms with E-state index >= 15 is 0 Å². The third kappa shape index (κ3) is 6.48. The first-order chi connectivity index (χ1) is 13.5. The Bertz CT molecular complexity index is 870. The number of halogens is 2. The zero-order valence-electron chi connectivity index (χ0n) is 17.6. The molecule has 0 aliphatic carbocycles. The van der Waals surface area contributed by atoms with E-state index in [9.17, 15) is 9.59 Å². The number of rotatable bonds is 6. The van der Waals surface area contributed by atoms with E-state index in [1.807, 2.05) is 52.0 Å². The fourth-order valence-electron chi connectivity index (χ4n) is 2.98. The van der Waals surface area contributed by atoms with Crippen molar-refractivity contribution in [2.24, 2.45) is 0 Å². The lowest BCUT2D eigenvalue weighted by Gasteiger charge is -2.32. The Morgan fingerprint density at radius 1 is 1.03 bits per heavy atom. The van der Waals surface area contributed by atoms with Crippen molar-refractivity contribution in [3.05, 3.63) is 69.2 Å². The van der Waals surface area contributed by atoms with Crippen molar-refractivity contribution in [1.29, 1.82) is 0 Å². The summed E-state index contributed by atoms with van der Waals surface area (Å²) in [5.41, 5.74) is 2.18. The van der Waals surface area contributed by atoms with Crippen LogP contribution >= 0.6 is 23.2 Å². The minimum absolute atomic E-state index is 0.155. The SMILES string of the molecule is Cc1ccccc1CC(=O)N(Cc1c(Cl)cccc1Cl)[C@@H](C)C(=O)NC(C)(C)C. The van der Waals surface area contributed by atoms with Crippen LogP contribution in [0.2, 0.25) is 10.0 Å². The van der Waals surface area contributed by atoms with Gasteiger partial charge in [-0.05, 0) is 57.9 Å². The van der Waals surface area contributed by atoms with Crippen LogP contribution < -0.4 is 5.32 Å². The second-order valence-corrected chi connectivity index (χ2v) is 9.05. The summed E-state index contributed by atoms with van der Waals surface area (Å²) >= 11 is 12.7. The predicted octanol–water partition coefficient (Wildman–Crippen LogP) is 5.18. The lowest BCUT2D eigenvalue weighted by molar-refractivity contribution is -0.140. The highest BCUT2D eigenvalue weighted by molar-refractivity contribution is 6.36. The van der Waals surface area contributed by atoms with E-state index in [2.05, 4.69) is 5.32 Å². The number of nitrogens with one attached hydrogen (secondary N) is 1. The Labute approximate surface area is 183 Å². The van der Waals surface area contributed by atoms with Gasteiger partial charge in [0.15, 0.2) is 0 Å². The van der Waals surface area contributed by atoms with Gasteiger partial charge >= 0.3 is 0 Å². The molecule has 2 aromatic carbocycles. The first-order valence-electron chi connectivity index (χ1n) is 9.58. The summed E-state index contributed by atoms with van der Waals surface area (Å²) in [6, 6.07) is 12.3. The molecule has 4 nitrogen and oxygen atoms in total. The Balaban J connectivity index is 2.35. The Morgan fingerprint density at radius 2 is 1.62 bits per heavy atom. The van der Waals surface area contributed by atoms with Crippen molar-refractivity contribution in [1.82, 2.24) is 10.2 Å². The quantitative estimate of drug-likeness (QED) is 0.680. The van der Waals surface area contributed by atoms with Gasteiger partial charge in [0, 0.05) is 27.7 Å². The van der Waals surface area contributed by atoms with E-state index in [-0.39, 0.29) is 24.8 Å². The van der Waals surface area contributed by atoms with Crippen LogP contribution in [0.3, 0.4) is 0 Å². The van der Waals surface area contributed by atoms with Gasteiger partial charge in [0.05, 0.1) is 6.42 Å². The van der Waals surface area contributed by atoms with Crippen LogP contribution in [0.4, 0.5) is 0 Å². The lowest BCUT2D eigenvalue weighted by atomic mass is 10.0. The van der Waals surface area contributed by atoms with E-state index < -0.39 is 11.6 Å². The molecule has 0 aromatic heterocycles. The Kier molecular flexibility index (Phi) is 7.73. The summed E-state index contributed by atoms with van der Waals surface area (Å²) in [5.74, 6) is -0.384. The molecule has 0 fully saturated rings. The monoisotopic (exact) mass is 434 g/mol. The van der Waals surface area contributed by atoms with E-state index in [1.165, 1.54) is 0 Å². The van der Waals surface area contributed by atoms with E-state index in [1.54, 1.807) is 30.0 Å². The molecule has 0 saturated heterocycles. The molecule has 2 aromatic rings. The number of carbonyl (C=O) groups excluding carboxylic acids is 2. The summed E-state index contributed by atoms with van der Waals surface area (Å²) < 4.78 is 0. The summed E-state index contributed by atoms with van der Waals surface area (Å²) in [6.07, 6.45) is 0.196. The molecule has 0 heterocycles. The maximum Gasteiger partial charge on any atom is 0.242 e. The number of aryl methyl sites for hydroxylation is 1. The van der Waals surface area contributed by atoms with Crippen LogP contribution in [0.15, 0.2) is 42.5 Å². The molecule has 0 radical (unpaired) electrons. The van der Waals surface area contributed by atoms with Crippen molar-refractivity contribution in [2.45, 2.75) is 59.2 Å². The zero-order valence-corrected chi connectivity index (χ0v) is 19.1. The van der Waals surface area contributed by atoms with Gasteiger partial charge in [-0.3, -0.25) is 9.59 Å². The number of benzene rings is 2. The van der Waals surface area contributed by atoms with Gasteiger partial charge in [0.1, 0.15) is 6.04 Å². The average molecular weight is 435 g/mol. The van der Waals surface area contributed by atoms with Gasteiger partial charge in [-0.2, -0.15) is 0 Å². The maximum absolute atomic E-state index is 13.3. The number of amides is 2. The van der Waals surface area contributed by atoms with Crippen LogP contribution in [-0.2, 0) is 22.6 Å². The first kappa shape index (κ1) is 23.2. The highest BCUT2D eigenvalue weighted by atomic mass is 35.5. The smallest absolute Gasteiger partial charge is 0.242 e. The highest BCUT2D eigenvalue weighted by Gasteiger charge is 2.29. The molecule has 0 saturated carbocycles. The third-order valence-electron chi connectivity index (χ3n) is 4.66. The fraction of sp³-hybridized carbons (Fsp3) is 0.391. The van der Waals surface area contributed by atoms with Gasteiger partial charge in [0.2, 0.25) is 11.8 Å². The molecule has 156 valence electrons. The van der Waals surface area contributed by atoms with Crippen molar-refractivity contribution in [2.75, 3.05) is 0 Å². The molecule has 0 bridgehead atoms. The van der Waals surface area contributed by atoms with Crippen LogP contribution in [-0.4, -0.2) is 28.3 Å². The minimum Gasteiger partial charge on any atom is -0.350 e. The number of carbonyl (C=O) groups is 2. The normalized spacial score (nSPS) is 12.4. The van der Waals surface area contributed by atoms with Gasteiger partial charge in [-0.25, -0.2) is 0 Å². The molecule has 1 atom stereocenters. The zero-order chi connectivity index (χ0) is 21.8. The van der Waals surface area contributed by atoms with Crippen molar-refractivity contribution in [3.8, 4) is 0 Å². The lowest BCUT2D eigenvalue weighted by Crippen LogP contribution is -2.52. The average Bonchev–Trinajstić information content (AvgIpc) is 2.61. The molecule has 29 heavy (non-hydrogen) atoms. The largest absolute Gasteiger partial charge is 0.350 e. The summed E-state index contributed by atoms with van der Waals surface area (Å²) in [6.45, 7) is 9.56.